The van der Waals surface area contributed by atoms with E-state index in [9.17, 15) is 4.79 Å². The van der Waals surface area contributed by atoms with Crippen LogP contribution in [0.5, 0.6) is 0 Å². The average Bonchev–Trinajstić information content (AvgIpc) is 2.91. The average molecular weight is 292 g/mol. The van der Waals surface area contributed by atoms with Crippen LogP contribution in [0.1, 0.15) is 25.0 Å². The first-order chi connectivity index (χ1) is 10.6. The fourth-order valence-electron chi connectivity index (χ4n) is 2.77. The largest absolute Gasteiger partial charge is 0.361 e. The van der Waals surface area contributed by atoms with Gasteiger partial charge >= 0.3 is 0 Å². The van der Waals surface area contributed by atoms with Crippen LogP contribution >= 0.6 is 0 Å². The molecule has 0 aliphatic carbocycles. The maximum absolute atomic E-state index is 12.4. The van der Waals surface area contributed by atoms with Crippen molar-refractivity contribution in [2.75, 3.05) is 0 Å². The minimum absolute atomic E-state index is 0.0265. The second-order valence-corrected chi connectivity index (χ2v) is 6.08. The molecule has 1 amide bonds. The van der Waals surface area contributed by atoms with Crippen molar-refractivity contribution < 1.29 is 4.79 Å². The lowest BCUT2D eigenvalue weighted by Gasteiger charge is -2.27. The molecule has 0 radical (unpaired) electrons. The highest BCUT2D eigenvalue weighted by atomic mass is 16.1. The Kier molecular flexibility index (Phi) is 3.72. The predicted molar refractivity (Wildman–Crippen MR) is 89.6 cm³/mol. The van der Waals surface area contributed by atoms with Gasteiger partial charge in [0, 0.05) is 17.1 Å². The van der Waals surface area contributed by atoms with Gasteiger partial charge in [0.1, 0.15) is 0 Å². The summed E-state index contributed by atoms with van der Waals surface area (Å²) in [4.78, 5) is 15.6. The summed E-state index contributed by atoms with van der Waals surface area (Å²) in [5.41, 5.74) is 2.80. The Morgan fingerprint density at radius 3 is 2.50 bits per heavy atom. The quantitative estimate of drug-likeness (QED) is 0.755. The standard InChI is InChI=1S/C19H20N2O/c1-19(2,15-8-4-3-5-9-15)21-18(22)12-14-13-20-17-11-7-6-10-16(14)17/h3-11,13,20H,12H2,1-2H3,(H,21,22). The molecule has 0 saturated carbocycles. The summed E-state index contributed by atoms with van der Waals surface area (Å²) in [6.45, 7) is 4.05. The number of amides is 1. The molecule has 0 bridgehead atoms. The summed E-state index contributed by atoms with van der Waals surface area (Å²) in [6, 6.07) is 18.1. The van der Waals surface area contributed by atoms with Gasteiger partial charge in [-0.2, -0.15) is 0 Å². The molecule has 3 heteroatoms. The molecule has 112 valence electrons. The second-order valence-electron chi connectivity index (χ2n) is 6.08. The fourth-order valence-corrected chi connectivity index (χ4v) is 2.77. The van der Waals surface area contributed by atoms with E-state index < -0.39 is 0 Å². The van der Waals surface area contributed by atoms with E-state index >= 15 is 0 Å². The summed E-state index contributed by atoms with van der Waals surface area (Å²) >= 11 is 0. The van der Waals surface area contributed by atoms with Crippen molar-refractivity contribution in [3.63, 3.8) is 0 Å². The molecule has 0 spiro atoms. The molecule has 3 nitrogen and oxygen atoms in total. The zero-order chi connectivity index (χ0) is 15.6. The topological polar surface area (TPSA) is 44.9 Å². The lowest BCUT2D eigenvalue weighted by atomic mass is 9.94. The fraction of sp³-hybridized carbons (Fsp3) is 0.211. The molecule has 22 heavy (non-hydrogen) atoms. The van der Waals surface area contributed by atoms with Crippen molar-refractivity contribution in [2.24, 2.45) is 0 Å². The van der Waals surface area contributed by atoms with Gasteiger partial charge in [-0.15, -0.1) is 0 Å². The van der Waals surface area contributed by atoms with Gasteiger partial charge in [0.2, 0.25) is 5.91 Å². The Hall–Kier alpha value is -2.55. The number of nitrogens with one attached hydrogen (secondary N) is 2. The third-order valence-corrected chi connectivity index (χ3v) is 3.97. The predicted octanol–water partition coefficient (Wildman–Crippen LogP) is 3.76. The summed E-state index contributed by atoms with van der Waals surface area (Å²) in [6.07, 6.45) is 2.29. The van der Waals surface area contributed by atoms with Crippen LogP contribution in [-0.4, -0.2) is 10.9 Å². The van der Waals surface area contributed by atoms with Crippen LogP contribution < -0.4 is 5.32 Å². The summed E-state index contributed by atoms with van der Waals surface area (Å²) in [7, 11) is 0. The highest BCUT2D eigenvalue weighted by Gasteiger charge is 2.22. The van der Waals surface area contributed by atoms with Crippen LogP contribution in [-0.2, 0) is 16.8 Å². The Labute approximate surface area is 130 Å². The van der Waals surface area contributed by atoms with Gasteiger partial charge in [0.05, 0.1) is 12.0 Å². The van der Waals surface area contributed by atoms with Crippen LogP contribution in [0.25, 0.3) is 10.9 Å². The minimum atomic E-state index is -0.384. The number of fused-ring (bicyclic) bond motifs is 1. The molecule has 0 atom stereocenters. The first-order valence-electron chi connectivity index (χ1n) is 7.48. The number of carbonyl (C=O) groups excluding carboxylic acids is 1. The molecule has 0 aliphatic heterocycles. The number of hydrogen-bond acceptors (Lipinski definition) is 1. The molecule has 2 N–H and O–H groups in total. The van der Waals surface area contributed by atoms with E-state index in [1.807, 2.05) is 74.6 Å². The van der Waals surface area contributed by atoms with Gasteiger partial charge in [-0.25, -0.2) is 0 Å². The smallest absolute Gasteiger partial charge is 0.225 e. The van der Waals surface area contributed by atoms with Gasteiger partial charge in [-0.1, -0.05) is 48.5 Å². The molecular weight excluding hydrogens is 272 g/mol. The molecule has 0 fully saturated rings. The molecule has 0 unspecified atom stereocenters. The number of aromatic nitrogens is 1. The number of benzene rings is 2. The van der Waals surface area contributed by atoms with E-state index in [0.29, 0.717) is 6.42 Å². The highest BCUT2D eigenvalue weighted by molar-refractivity contribution is 5.89. The van der Waals surface area contributed by atoms with Gasteiger partial charge in [0.15, 0.2) is 0 Å². The molecule has 3 aromatic rings. The zero-order valence-corrected chi connectivity index (χ0v) is 12.9. The van der Waals surface area contributed by atoms with Crippen molar-refractivity contribution in [2.45, 2.75) is 25.8 Å². The number of H-pyrrole nitrogens is 1. The second kappa shape index (κ2) is 5.68. The van der Waals surface area contributed by atoms with E-state index in [0.717, 1.165) is 22.0 Å². The Bertz CT molecular complexity index is 787. The van der Waals surface area contributed by atoms with Crippen molar-refractivity contribution in [1.29, 1.82) is 0 Å². The molecule has 1 aromatic heterocycles. The van der Waals surface area contributed by atoms with E-state index in [4.69, 9.17) is 0 Å². The molecule has 0 aliphatic rings. The summed E-state index contributed by atoms with van der Waals surface area (Å²) < 4.78 is 0. The van der Waals surface area contributed by atoms with Gasteiger partial charge < -0.3 is 10.3 Å². The lowest BCUT2D eigenvalue weighted by molar-refractivity contribution is -0.122. The van der Waals surface area contributed by atoms with Crippen LogP contribution in [0.2, 0.25) is 0 Å². The molecule has 1 heterocycles. The highest BCUT2D eigenvalue weighted by Crippen LogP contribution is 2.21. The van der Waals surface area contributed by atoms with E-state index in [1.165, 1.54) is 0 Å². The maximum atomic E-state index is 12.4. The molecular formula is C19H20N2O. The summed E-state index contributed by atoms with van der Waals surface area (Å²) in [5.74, 6) is 0.0265. The van der Waals surface area contributed by atoms with Crippen molar-refractivity contribution in [3.8, 4) is 0 Å². The molecule has 2 aromatic carbocycles. The number of para-hydroxylation sites is 1. The van der Waals surface area contributed by atoms with Gasteiger partial charge in [-0.3, -0.25) is 4.79 Å². The number of carbonyl (C=O) groups is 1. The third kappa shape index (κ3) is 2.89. The molecule has 3 rings (SSSR count). The number of rotatable bonds is 4. The monoisotopic (exact) mass is 292 g/mol. The Morgan fingerprint density at radius 2 is 1.73 bits per heavy atom. The normalized spacial score (nSPS) is 11.5. The van der Waals surface area contributed by atoms with E-state index in [-0.39, 0.29) is 11.4 Å². The van der Waals surface area contributed by atoms with Crippen LogP contribution in [0, 0.1) is 0 Å². The van der Waals surface area contributed by atoms with E-state index in [2.05, 4.69) is 10.3 Å². The Balaban J connectivity index is 1.75. The van der Waals surface area contributed by atoms with Crippen LogP contribution in [0.15, 0.2) is 60.8 Å². The first-order valence-corrected chi connectivity index (χ1v) is 7.48. The maximum Gasteiger partial charge on any atom is 0.225 e. The number of aromatic amines is 1. The summed E-state index contributed by atoms with van der Waals surface area (Å²) in [5, 5.41) is 4.23. The first kappa shape index (κ1) is 14.4. The number of hydrogen-bond donors (Lipinski definition) is 2. The SMILES string of the molecule is CC(C)(NC(=O)Cc1c[nH]c2ccccc12)c1ccccc1. The van der Waals surface area contributed by atoms with Crippen molar-refractivity contribution >= 4 is 16.8 Å². The van der Waals surface area contributed by atoms with Crippen LogP contribution in [0.4, 0.5) is 0 Å². The zero-order valence-electron chi connectivity index (χ0n) is 12.9. The van der Waals surface area contributed by atoms with Gasteiger partial charge in [-0.05, 0) is 31.0 Å². The Morgan fingerprint density at radius 1 is 1.05 bits per heavy atom. The lowest BCUT2D eigenvalue weighted by Crippen LogP contribution is -2.41. The van der Waals surface area contributed by atoms with E-state index in [1.54, 1.807) is 0 Å². The third-order valence-electron chi connectivity index (χ3n) is 3.97. The molecule has 0 saturated heterocycles. The van der Waals surface area contributed by atoms with Crippen LogP contribution in [0.3, 0.4) is 0 Å². The van der Waals surface area contributed by atoms with Gasteiger partial charge in [0.25, 0.3) is 0 Å². The minimum Gasteiger partial charge on any atom is -0.361 e. The van der Waals surface area contributed by atoms with Crippen molar-refractivity contribution in [3.05, 3.63) is 71.9 Å². The van der Waals surface area contributed by atoms with Crippen molar-refractivity contribution in [1.82, 2.24) is 10.3 Å².